The van der Waals surface area contributed by atoms with Gasteiger partial charge in [-0.1, -0.05) is 6.07 Å². The molecule has 1 aromatic carbocycles. The summed E-state index contributed by atoms with van der Waals surface area (Å²) in [5.74, 6) is -0.259. The summed E-state index contributed by atoms with van der Waals surface area (Å²) in [6, 6.07) is 7.01. The fraction of sp³-hybridized carbons (Fsp3) is 0.211. The van der Waals surface area contributed by atoms with Crippen LogP contribution < -0.4 is 11.1 Å². The predicted octanol–water partition coefficient (Wildman–Crippen LogP) is 2.39. The number of aromatic nitrogens is 4. The zero-order valence-electron chi connectivity index (χ0n) is 15.3. The molecule has 0 unspecified atom stereocenters. The number of carbonyl (C=O) groups is 1. The summed E-state index contributed by atoms with van der Waals surface area (Å²) < 4.78 is 16.2. The molecule has 4 rings (SSSR count). The number of hydrogen-bond donors (Lipinski definition) is 3. The third kappa shape index (κ3) is 3.64. The van der Waals surface area contributed by atoms with Crippen molar-refractivity contribution >= 4 is 23.8 Å². The number of aliphatic imine (C=N–C) groups is 1. The van der Waals surface area contributed by atoms with E-state index in [9.17, 15) is 14.3 Å². The molecule has 4 N–H and O–H groups in total. The average molecular weight is 395 g/mol. The number of fused-ring (bicyclic) bond motifs is 1. The van der Waals surface area contributed by atoms with E-state index in [0.29, 0.717) is 11.5 Å². The minimum Gasteiger partial charge on any atom is -0.506 e. The molecule has 0 fully saturated rings. The minimum atomic E-state index is -0.890. The number of aryl methyl sites for hydroxylation is 1. The van der Waals surface area contributed by atoms with Crippen molar-refractivity contribution in [3.05, 3.63) is 47.5 Å². The topological polar surface area (TPSA) is 131 Å². The van der Waals surface area contributed by atoms with Crippen LogP contribution >= 0.6 is 0 Å². The summed E-state index contributed by atoms with van der Waals surface area (Å²) in [4.78, 5) is 20.7. The van der Waals surface area contributed by atoms with Crippen molar-refractivity contribution in [2.24, 2.45) is 10.7 Å². The predicted molar refractivity (Wildman–Crippen MR) is 105 cm³/mol. The molecular weight excluding hydrogens is 377 g/mol. The first-order chi connectivity index (χ1) is 14.1. The Morgan fingerprint density at radius 3 is 3.00 bits per heavy atom. The maximum Gasteiger partial charge on any atom is 0.259 e. The lowest BCUT2D eigenvalue weighted by Crippen LogP contribution is -2.15. The number of benzene rings is 1. The highest BCUT2D eigenvalue weighted by atomic mass is 19.1. The van der Waals surface area contributed by atoms with Crippen molar-refractivity contribution in [3.63, 3.8) is 0 Å². The normalized spacial score (nSPS) is 13.4. The number of nitrogens with one attached hydrogen (secondary N) is 1. The number of phenols is 1. The van der Waals surface area contributed by atoms with Crippen LogP contribution in [0.3, 0.4) is 0 Å². The van der Waals surface area contributed by atoms with Crippen molar-refractivity contribution in [3.8, 4) is 17.3 Å². The van der Waals surface area contributed by atoms with Crippen molar-refractivity contribution < 1.29 is 14.3 Å². The van der Waals surface area contributed by atoms with Gasteiger partial charge in [-0.25, -0.2) is 14.4 Å². The van der Waals surface area contributed by atoms with Crippen LogP contribution in [0.2, 0.25) is 0 Å². The van der Waals surface area contributed by atoms with Gasteiger partial charge in [-0.05, 0) is 31.0 Å². The molecular formula is C19H18FN7O2. The van der Waals surface area contributed by atoms with Crippen LogP contribution in [0.15, 0.2) is 35.3 Å². The van der Waals surface area contributed by atoms with Gasteiger partial charge in [0.2, 0.25) is 0 Å². The molecule has 148 valence electrons. The number of carbonyl (C=O) groups excluding carboxylic acids is 1. The van der Waals surface area contributed by atoms with E-state index in [4.69, 9.17) is 5.73 Å². The summed E-state index contributed by atoms with van der Waals surface area (Å²) in [6.45, 7) is 0.819. The molecule has 3 aromatic rings. The second-order valence-electron chi connectivity index (χ2n) is 6.51. The van der Waals surface area contributed by atoms with Gasteiger partial charge in [-0.15, -0.1) is 10.2 Å². The fourth-order valence-corrected chi connectivity index (χ4v) is 3.22. The van der Waals surface area contributed by atoms with Crippen LogP contribution in [0.25, 0.3) is 11.5 Å². The number of amides is 1. The molecule has 0 saturated heterocycles. The van der Waals surface area contributed by atoms with Crippen LogP contribution in [-0.2, 0) is 13.0 Å². The van der Waals surface area contributed by atoms with Gasteiger partial charge in [0.05, 0.1) is 11.9 Å². The van der Waals surface area contributed by atoms with Crippen LogP contribution in [0.1, 0.15) is 29.0 Å². The molecule has 1 aliphatic heterocycles. The van der Waals surface area contributed by atoms with E-state index < -0.39 is 17.5 Å². The molecule has 0 radical (unpaired) electrons. The van der Waals surface area contributed by atoms with Crippen molar-refractivity contribution in [2.45, 2.75) is 25.8 Å². The zero-order valence-corrected chi connectivity index (χ0v) is 15.3. The third-order valence-electron chi connectivity index (χ3n) is 4.60. The van der Waals surface area contributed by atoms with Crippen molar-refractivity contribution in [1.82, 2.24) is 19.7 Å². The molecule has 3 heterocycles. The third-order valence-corrected chi connectivity index (χ3v) is 4.60. The second-order valence-corrected chi connectivity index (χ2v) is 6.51. The first-order valence-electron chi connectivity index (χ1n) is 9.04. The van der Waals surface area contributed by atoms with Gasteiger partial charge in [0.25, 0.3) is 5.91 Å². The van der Waals surface area contributed by atoms with Crippen LogP contribution in [0, 0.1) is 5.82 Å². The number of halogens is 1. The van der Waals surface area contributed by atoms with Gasteiger partial charge in [-0.2, -0.15) is 0 Å². The van der Waals surface area contributed by atoms with Gasteiger partial charge in [0.15, 0.2) is 5.82 Å². The highest BCUT2D eigenvalue weighted by molar-refractivity contribution is 6.04. The summed E-state index contributed by atoms with van der Waals surface area (Å²) in [5.41, 5.74) is 5.45. The van der Waals surface area contributed by atoms with E-state index in [1.54, 1.807) is 18.2 Å². The molecule has 2 aromatic heterocycles. The lowest BCUT2D eigenvalue weighted by Gasteiger charge is -2.14. The largest absolute Gasteiger partial charge is 0.506 e. The number of nitrogens with zero attached hydrogens (tertiary/aromatic N) is 5. The summed E-state index contributed by atoms with van der Waals surface area (Å²) >= 11 is 0. The van der Waals surface area contributed by atoms with E-state index >= 15 is 0 Å². The Balaban J connectivity index is 1.61. The van der Waals surface area contributed by atoms with Crippen LogP contribution in [0.5, 0.6) is 5.75 Å². The summed E-state index contributed by atoms with van der Waals surface area (Å²) in [5, 5.41) is 20.7. The van der Waals surface area contributed by atoms with Crippen molar-refractivity contribution in [2.75, 3.05) is 5.32 Å². The van der Waals surface area contributed by atoms with Gasteiger partial charge in [-0.3, -0.25) is 4.79 Å². The van der Waals surface area contributed by atoms with E-state index in [0.717, 1.165) is 50.1 Å². The van der Waals surface area contributed by atoms with Gasteiger partial charge >= 0.3 is 0 Å². The Hall–Kier alpha value is -3.82. The summed E-state index contributed by atoms with van der Waals surface area (Å²) in [6.07, 6.45) is 3.94. The number of hydrogen-bond acceptors (Lipinski definition) is 6. The number of nitrogens with two attached hydrogens (primary N) is 1. The lowest BCUT2D eigenvalue weighted by molar-refractivity contribution is 0.102. The number of rotatable bonds is 4. The molecule has 0 bridgehead atoms. The monoisotopic (exact) mass is 395 g/mol. The van der Waals surface area contributed by atoms with Crippen LogP contribution in [-0.4, -0.2) is 37.1 Å². The number of anilines is 1. The molecule has 10 heteroatoms. The summed E-state index contributed by atoms with van der Waals surface area (Å²) in [7, 11) is 0. The molecule has 0 aliphatic carbocycles. The number of aromatic hydroxyl groups is 1. The van der Waals surface area contributed by atoms with Crippen molar-refractivity contribution in [1.29, 1.82) is 0 Å². The zero-order chi connectivity index (χ0) is 20.4. The van der Waals surface area contributed by atoms with Crippen LogP contribution in [0.4, 0.5) is 15.9 Å². The maximum atomic E-state index is 14.2. The van der Waals surface area contributed by atoms with E-state index in [1.165, 1.54) is 0 Å². The number of phenolic OH excluding ortho intramolecular Hbond substituents is 1. The molecule has 1 amide bonds. The van der Waals surface area contributed by atoms with Gasteiger partial charge in [0, 0.05) is 19.0 Å². The maximum absolute atomic E-state index is 14.2. The standard InChI is InChI=1S/C19H18FN7O2/c20-12-9-15(28)14(22-10-21)8-11(12)19(29)24-16-5-3-4-13(23-16)18-26-25-17-6-1-2-7-27(17)18/h3-5,8-10,28H,1-2,6-7H2,(H2,21,22)(H,23,24,29). The molecule has 29 heavy (non-hydrogen) atoms. The highest BCUT2D eigenvalue weighted by Crippen LogP contribution is 2.29. The fourth-order valence-electron chi connectivity index (χ4n) is 3.22. The smallest absolute Gasteiger partial charge is 0.259 e. The van der Waals surface area contributed by atoms with Gasteiger partial charge < -0.3 is 20.7 Å². The first kappa shape index (κ1) is 18.5. The lowest BCUT2D eigenvalue weighted by atomic mass is 10.1. The Labute approximate surface area is 165 Å². The number of pyridine rings is 1. The molecule has 9 nitrogen and oxygen atoms in total. The molecule has 1 aliphatic rings. The van der Waals surface area contributed by atoms with E-state index in [-0.39, 0.29) is 17.1 Å². The molecule has 0 spiro atoms. The Bertz CT molecular complexity index is 1110. The average Bonchev–Trinajstić information content (AvgIpc) is 3.14. The SMILES string of the molecule is NC=Nc1cc(C(=O)Nc2cccc(-c3nnc4n3CCCC4)n2)c(F)cc1O. The van der Waals surface area contributed by atoms with E-state index in [2.05, 4.69) is 25.5 Å². The Kier molecular flexibility index (Phi) is 4.90. The van der Waals surface area contributed by atoms with Gasteiger partial charge in [0.1, 0.15) is 34.6 Å². The Morgan fingerprint density at radius 1 is 1.31 bits per heavy atom. The Morgan fingerprint density at radius 2 is 2.17 bits per heavy atom. The quantitative estimate of drug-likeness (QED) is 0.459. The molecule has 0 atom stereocenters. The molecule has 0 saturated carbocycles. The van der Waals surface area contributed by atoms with E-state index in [1.807, 2.05) is 4.57 Å². The minimum absolute atomic E-state index is 0.0177. The first-order valence-corrected chi connectivity index (χ1v) is 9.04. The second kappa shape index (κ2) is 7.66. The highest BCUT2D eigenvalue weighted by Gasteiger charge is 2.19.